The fourth-order valence-electron chi connectivity index (χ4n) is 3.52. The summed E-state index contributed by atoms with van der Waals surface area (Å²) in [4.78, 5) is 17.2. The number of benzene rings is 3. The molecule has 1 amide bonds. The van der Waals surface area contributed by atoms with Crippen LogP contribution in [0.1, 0.15) is 40.7 Å². The molecular formula is C27H27N3O3S. The average molecular weight is 474 g/mol. The smallest absolute Gasteiger partial charge is 0.298 e. The van der Waals surface area contributed by atoms with E-state index in [1.165, 1.54) is 17.1 Å². The molecule has 1 aromatic heterocycles. The SMILES string of the molecule is COc1cccc(Cc2nsc(Oc3cccc(C(=O)NC(C)CCc4ccccc4)c3)n2)c1. The third-order valence-corrected chi connectivity index (χ3v) is 5.97. The number of amides is 1. The van der Waals surface area contributed by atoms with Crippen molar-refractivity contribution < 1.29 is 14.3 Å². The number of hydrogen-bond donors (Lipinski definition) is 1. The molecule has 4 rings (SSSR count). The molecular weight excluding hydrogens is 446 g/mol. The molecule has 174 valence electrons. The molecule has 3 aromatic carbocycles. The van der Waals surface area contributed by atoms with Crippen LogP contribution in [0.5, 0.6) is 16.7 Å². The van der Waals surface area contributed by atoms with E-state index in [0.717, 1.165) is 24.2 Å². The van der Waals surface area contributed by atoms with Crippen molar-refractivity contribution in [2.24, 2.45) is 0 Å². The molecule has 0 bridgehead atoms. The van der Waals surface area contributed by atoms with Gasteiger partial charge in [-0.2, -0.15) is 9.36 Å². The first kappa shape index (κ1) is 23.4. The number of nitrogens with zero attached hydrogens (tertiary/aromatic N) is 2. The van der Waals surface area contributed by atoms with Crippen LogP contribution in [0.2, 0.25) is 0 Å². The van der Waals surface area contributed by atoms with E-state index in [1.54, 1.807) is 31.4 Å². The summed E-state index contributed by atoms with van der Waals surface area (Å²) in [6.07, 6.45) is 2.37. The highest BCUT2D eigenvalue weighted by molar-refractivity contribution is 7.07. The van der Waals surface area contributed by atoms with Crippen LogP contribution >= 0.6 is 11.5 Å². The Morgan fingerprint density at radius 2 is 1.74 bits per heavy atom. The van der Waals surface area contributed by atoms with Gasteiger partial charge in [-0.05, 0) is 61.2 Å². The summed E-state index contributed by atoms with van der Waals surface area (Å²) in [5.41, 5.74) is 2.87. The standard InChI is InChI=1S/C27H27N3O3S/c1-19(14-15-20-8-4-3-5-9-20)28-26(31)22-11-7-13-24(18-22)33-27-29-25(30-34-27)17-21-10-6-12-23(16-21)32-2/h3-13,16,18-19H,14-15,17H2,1-2H3,(H,28,31). The van der Waals surface area contributed by atoms with Crippen LogP contribution < -0.4 is 14.8 Å². The monoisotopic (exact) mass is 473 g/mol. The minimum absolute atomic E-state index is 0.0552. The number of hydrogen-bond acceptors (Lipinski definition) is 6. The van der Waals surface area contributed by atoms with Gasteiger partial charge in [0.2, 0.25) is 0 Å². The van der Waals surface area contributed by atoms with Crippen molar-refractivity contribution in [2.75, 3.05) is 7.11 Å². The zero-order valence-corrected chi connectivity index (χ0v) is 20.0. The van der Waals surface area contributed by atoms with Gasteiger partial charge in [0.25, 0.3) is 11.1 Å². The molecule has 1 unspecified atom stereocenters. The Labute approximate surface area is 203 Å². The Morgan fingerprint density at radius 3 is 2.56 bits per heavy atom. The van der Waals surface area contributed by atoms with E-state index in [0.29, 0.717) is 28.8 Å². The highest BCUT2D eigenvalue weighted by Gasteiger charge is 2.13. The number of nitrogens with one attached hydrogen (secondary N) is 1. The Morgan fingerprint density at radius 1 is 0.971 bits per heavy atom. The summed E-state index contributed by atoms with van der Waals surface area (Å²) < 4.78 is 15.5. The van der Waals surface area contributed by atoms with E-state index >= 15 is 0 Å². The summed E-state index contributed by atoms with van der Waals surface area (Å²) in [6.45, 7) is 2.02. The van der Waals surface area contributed by atoms with E-state index in [1.807, 2.05) is 49.4 Å². The normalized spacial score (nSPS) is 11.6. The third kappa shape index (κ3) is 6.65. The Balaban J connectivity index is 1.33. The predicted molar refractivity (Wildman–Crippen MR) is 134 cm³/mol. The van der Waals surface area contributed by atoms with Gasteiger partial charge in [-0.3, -0.25) is 4.79 Å². The largest absolute Gasteiger partial charge is 0.497 e. The maximum absolute atomic E-state index is 12.7. The first-order chi connectivity index (χ1) is 16.6. The molecule has 0 spiro atoms. The van der Waals surface area contributed by atoms with Gasteiger partial charge >= 0.3 is 0 Å². The van der Waals surface area contributed by atoms with E-state index in [9.17, 15) is 4.79 Å². The summed E-state index contributed by atoms with van der Waals surface area (Å²) >= 11 is 1.19. The fraction of sp³-hybridized carbons (Fsp3) is 0.222. The van der Waals surface area contributed by atoms with Crippen molar-refractivity contribution in [3.63, 3.8) is 0 Å². The Hall–Kier alpha value is -3.71. The number of aryl methyl sites for hydroxylation is 1. The zero-order valence-electron chi connectivity index (χ0n) is 19.2. The lowest BCUT2D eigenvalue weighted by Gasteiger charge is -2.14. The summed E-state index contributed by atoms with van der Waals surface area (Å²) in [6, 6.07) is 25.3. The molecule has 0 aliphatic rings. The molecule has 0 fully saturated rings. The van der Waals surface area contributed by atoms with Crippen LogP contribution in [-0.4, -0.2) is 28.4 Å². The second kappa shape index (κ2) is 11.4. The van der Waals surface area contributed by atoms with Crippen molar-refractivity contribution in [2.45, 2.75) is 32.2 Å². The van der Waals surface area contributed by atoms with Crippen LogP contribution in [0.3, 0.4) is 0 Å². The quantitative estimate of drug-likeness (QED) is 0.321. The Bertz CT molecular complexity index is 1230. The van der Waals surface area contributed by atoms with Gasteiger partial charge in [0.15, 0.2) is 5.82 Å². The number of carbonyl (C=O) groups excluding carboxylic acids is 1. The highest BCUT2D eigenvalue weighted by Crippen LogP contribution is 2.25. The molecule has 1 heterocycles. The van der Waals surface area contributed by atoms with Crippen LogP contribution in [0, 0.1) is 0 Å². The predicted octanol–water partition coefficient (Wildman–Crippen LogP) is 5.68. The molecule has 0 saturated heterocycles. The van der Waals surface area contributed by atoms with Gasteiger partial charge in [-0.1, -0.05) is 48.5 Å². The summed E-state index contributed by atoms with van der Waals surface area (Å²) in [7, 11) is 1.64. The summed E-state index contributed by atoms with van der Waals surface area (Å²) in [5, 5.41) is 3.50. The van der Waals surface area contributed by atoms with Crippen LogP contribution in [0.25, 0.3) is 0 Å². The molecule has 1 N–H and O–H groups in total. The lowest BCUT2D eigenvalue weighted by Crippen LogP contribution is -2.32. The van der Waals surface area contributed by atoms with Gasteiger partial charge in [-0.15, -0.1) is 0 Å². The van der Waals surface area contributed by atoms with Crippen molar-refractivity contribution in [1.82, 2.24) is 14.7 Å². The van der Waals surface area contributed by atoms with E-state index in [2.05, 4.69) is 26.8 Å². The van der Waals surface area contributed by atoms with Crippen molar-refractivity contribution in [1.29, 1.82) is 0 Å². The molecule has 4 aromatic rings. The second-order valence-corrected chi connectivity index (χ2v) is 8.75. The number of rotatable bonds is 10. The minimum Gasteiger partial charge on any atom is -0.497 e. The van der Waals surface area contributed by atoms with E-state index < -0.39 is 0 Å². The Kier molecular flexibility index (Phi) is 7.88. The number of ether oxygens (including phenoxy) is 2. The molecule has 34 heavy (non-hydrogen) atoms. The van der Waals surface area contributed by atoms with Gasteiger partial charge < -0.3 is 14.8 Å². The molecule has 6 nitrogen and oxygen atoms in total. The molecule has 0 aliphatic heterocycles. The van der Waals surface area contributed by atoms with Crippen molar-refractivity contribution in [3.8, 4) is 16.7 Å². The lowest BCUT2D eigenvalue weighted by molar-refractivity contribution is 0.0938. The highest BCUT2D eigenvalue weighted by atomic mass is 32.1. The molecule has 0 radical (unpaired) electrons. The van der Waals surface area contributed by atoms with Crippen LogP contribution in [0.15, 0.2) is 78.9 Å². The first-order valence-corrected chi connectivity index (χ1v) is 11.9. The van der Waals surface area contributed by atoms with Crippen LogP contribution in [0.4, 0.5) is 0 Å². The fourth-order valence-corrected chi connectivity index (χ4v) is 4.09. The number of methoxy groups -OCH3 is 1. The third-order valence-electron chi connectivity index (χ3n) is 5.33. The van der Waals surface area contributed by atoms with Gasteiger partial charge in [0.05, 0.1) is 7.11 Å². The van der Waals surface area contributed by atoms with Crippen LogP contribution in [-0.2, 0) is 12.8 Å². The molecule has 0 saturated carbocycles. The minimum atomic E-state index is -0.123. The summed E-state index contributed by atoms with van der Waals surface area (Å²) in [5.74, 6) is 1.90. The van der Waals surface area contributed by atoms with E-state index in [4.69, 9.17) is 9.47 Å². The molecule has 1 atom stereocenters. The zero-order chi connectivity index (χ0) is 23.8. The van der Waals surface area contributed by atoms with Gasteiger partial charge in [0, 0.05) is 29.6 Å². The van der Waals surface area contributed by atoms with Crippen molar-refractivity contribution in [3.05, 3.63) is 101 Å². The molecule has 7 heteroatoms. The molecule has 0 aliphatic carbocycles. The average Bonchev–Trinajstić information content (AvgIpc) is 3.30. The maximum Gasteiger partial charge on any atom is 0.298 e. The van der Waals surface area contributed by atoms with Gasteiger partial charge in [-0.25, -0.2) is 0 Å². The number of aromatic nitrogens is 2. The first-order valence-electron chi connectivity index (χ1n) is 11.2. The lowest BCUT2D eigenvalue weighted by atomic mass is 10.1. The topological polar surface area (TPSA) is 73.3 Å². The van der Waals surface area contributed by atoms with Crippen molar-refractivity contribution >= 4 is 17.4 Å². The number of carbonyl (C=O) groups is 1. The van der Waals surface area contributed by atoms with Gasteiger partial charge in [0.1, 0.15) is 11.5 Å². The second-order valence-electron chi connectivity index (χ2n) is 8.03. The van der Waals surface area contributed by atoms with E-state index in [-0.39, 0.29) is 11.9 Å². The maximum atomic E-state index is 12.7.